The van der Waals surface area contributed by atoms with Crippen molar-refractivity contribution in [1.29, 1.82) is 0 Å². The summed E-state index contributed by atoms with van der Waals surface area (Å²) in [6.45, 7) is 1.41. The van der Waals surface area contributed by atoms with Gasteiger partial charge < -0.3 is 14.8 Å². The van der Waals surface area contributed by atoms with E-state index in [1.807, 2.05) is 24.3 Å². The number of carbonyl (C=O) groups excluding carboxylic acids is 1. The third-order valence-electron chi connectivity index (χ3n) is 3.86. The monoisotopic (exact) mass is 263 g/mol. The number of carbonyl (C=O) groups is 1. The Kier molecular flexibility index (Phi) is 4.43. The SMILES string of the molecule is COC(=O)C1(CNCc2cccc(OC)c2)CCC1. The number of benzene rings is 1. The molecule has 0 bridgehead atoms. The molecular weight excluding hydrogens is 242 g/mol. The fourth-order valence-electron chi connectivity index (χ4n) is 2.50. The molecule has 1 N–H and O–H groups in total. The van der Waals surface area contributed by atoms with E-state index in [1.54, 1.807) is 7.11 Å². The Morgan fingerprint density at radius 2 is 2.16 bits per heavy atom. The second-order valence-corrected chi connectivity index (χ2v) is 5.08. The van der Waals surface area contributed by atoms with Crippen LogP contribution in [-0.2, 0) is 16.1 Å². The van der Waals surface area contributed by atoms with Crippen molar-refractivity contribution >= 4 is 5.97 Å². The zero-order valence-corrected chi connectivity index (χ0v) is 11.6. The molecule has 0 radical (unpaired) electrons. The van der Waals surface area contributed by atoms with Crippen LogP contribution in [0.15, 0.2) is 24.3 Å². The Bertz CT molecular complexity index is 441. The number of nitrogens with one attached hydrogen (secondary N) is 1. The van der Waals surface area contributed by atoms with E-state index in [1.165, 1.54) is 7.11 Å². The van der Waals surface area contributed by atoms with Gasteiger partial charge in [0, 0.05) is 13.1 Å². The van der Waals surface area contributed by atoms with Crippen LogP contribution in [0.2, 0.25) is 0 Å². The van der Waals surface area contributed by atoms with Crippen LogP contribution in [0.3, 0.4) is 0 Å². The lowest BCUT2D eigenvalue weighted by Gasteiger charge is -2.39. The van der Waals surface area contributed by atoms with Crippen LogP contribution >= 0.6 is 0 Å². The first kappa shape index (κ1) is 13.9. The molecule has 104 valence electrons. The zero-order valence-electron chi connectivity index (χ0n) is 11.6. The number of esters is 1. The van der Waals surface area contributed by atoms with Crippen molar-refractivity contribution in [3.05, 3.63) is 29.8 Å². The van der Waals surface area contributed by atoms with Gasteiger partial charge in [0.15, 0.2) is 0 Å². The number of ether oxygens (including phenoxy) is 2. The summed E-state index contributed by atoms with van der Waals surface area (Å²) in [5, 5.41) is 3.35. The minimum atomic E-state index is -0.298. The highest BCUT2D eigenvalue weighted by molar-refractivity contribution is 5.78. The molecule has 0 spiro atoms. The molecule has 1 aliphatic rings. The first-order valence-corrected chi connectivity index (χ1v) is 6.62. The minimum absolute atomic E-state index is 0.0862. The van der Waals surface area contributed by atoms with Gasteiger partial charge in [0.25, 0.3) is 0 Å². The molecule has 0 unspecified atom stereocenters. The van der Waals surface area contributed by atoms with E-state index < -0.39 is 0 Å². The lowest BCUT2D eigenvalue weighted by molar-refractivity contribution is -0.158. The van der Waals surface area contributed by atoms with E-state index in [-0.39, 0.29) is 11.4 Å². The van der Waals surface area contributed by atoms with Gasteiger partial charge in [-0.05, 0) is 30.5 Å². The summed E-state index contributed by atoms with van der Waals surface area (Å²) in [4.78, 5) is 11.8. The third kappa shape index (κ3) is 3.07. The summed E-state index contributed by atoms with van der Waals surface area (Å²) >= 11 is 0. The highest BCUT2D eigenvalue weighted by atomic mass is 16.5. The maximum atomic E-state index is 11.8. The molecule has 0 aliphatic heterocycles. The van der Waals surface area contributed by atoms with Crippen molar-refractivity contribution < 1.29 is 14.3 Å². The minimum Gasteiger partial charge on any atom is -0.497 e. The number of hydrogen-bond acceptors (Lipinski definition) is 4. The summed E-state index contributed by atoms with van der Waals surface area (Å²) in [5.41, 5.74) is 0.854. The second kappa shape index (κ2) is 6.06. The summed E-state index contributed by atoms with van der Waals surface area (Å²) < 4.78 is 10.1. The normalized spacial score (nSPS) is 16.5. The average Bonchev–Trinajstić information content (AvgIpc) is 2.41. The van der Waals surface area contributed by atoms with Crippen molar-refractivity contribution in [3.63, 3.8) is 0 Å². The van der Waals surface area contributed by atoms with Gasteiger partial charge in [-0.25, -0.2) is 0 Å². The molecule has 0 heterocycles. The van der Waals surface area contributed by atoms with Crippen LogP contribution < -0.4 is 10.1 Å². The van der Waals surface area contributed by atoms with E-state index in [9.17, 15) is 4.79 Å². The Morgan fingerprint density at radius 1 is 1.37 bits per heavy atom. The molecule has 0 saturated heterocycles. The summed E-state index contributed by atoms with van der Waals surface area (Å²) in [6, 6.07) is 7.93. The van der Waals surface area contributed by atoms with E-state index in [2.05, 4.69) is 5.32 Å². The Hall–Kier alpha value is -1.55. The standard InChI is InChI=1S/C15H21NO3/c1-18-13-6-3-5-12(9-13)10-16-11-15(7-4-8-15)14(17)19-2/h3,5-6,9,16H,4,7-8,10-11H2,1-2H3. The van der Waals surface area contributed by atoms with E-state index in [0.29, 0.717) is 6.54 Å². The van der Waals surface area contributed by atoms with Gasteiger partial charge in [0.2, 0.25) is 0 Å². The topological polar surface area (TPSA) is 47.6 Å². The predicted octanol–water partition coefficient (Wildman–Crippen LogP) is 2.13. The molecule has 2 rings (SSSR count). The lowest BCUT2D eigenvalue weighted by atomic mass is 9.68. The number of hydrogen-bond donors (Lipinski definition) is 1. The maximum Gasteiger partial charge on any atom is 0.313 e. The van der Waals surface area contributed by atoms with E-state index >= 15 is 0 Å². The van der Waals surface area contributed by atoms with Crippen molar-refractivity contribution in [2.75, 3.05) is 20.8 Å². The highest BCUT2D eigenvalue weighted by Crippen LogP contribution is 2.41. The molecule has 0 atom stereocenters. The second-order valence-electron chi connectivity index (χ2n) is 5.08. The van der Waals surface area contributed by atoms with Gasteiger partial charge in [-0.1, -0.05) is 18.6 Å². The van der Waals surface area contributed by atoms with E-state index in [0.717, 1.165) is 37.1 Å². The Labute approximate surface area is 114 Å². The van der Waals surface area contributed by atoms with Crippen LogP contribution in [0, 0.1) is 5.41 Å². The molecule has 1 fully saturated rings. The Morgan fingerprint density at radius 3 is 2.74 bits per heavy atom. The molecule has 4 heteroatoms. The first-order valence-electron chi connectivity index (χ1n) is 6.62. The average molecular weight is 263 g/mol. The molecule has 0 aromatic heterocycles. The van der Waals surface area contributed by atoms with Crippen molar-refractivity contribution in [1.82, 2.24) is 5.32 Å². The number of rotatable bonds is 6. The van der Waals surface area contributed by atoms with Gasteiger partial charge in [0.05, 0.1) is 19.6 Å². The maximum absolute atomic E-state index is 11.8. The fourth-order valence-corrected chi connectivity index (χ4v) is 2.50. The highest BCUT2D eigenvalue weighted by Gasteiger charge is 2.44. The molecule has 19 heavy (non-hydrogen) atoms. The molecule has 4 nitrogen and oxygen atoms in total. The van der Waals surface area contributed by atoms with Crippen molar-refractivity contribution in [2.24, 2.45) is 5.41 Å². The quantitative estimate of drug-likeness (QED) is 0.799. The largest absolute Gasteiger partial charge is 0.497 e. The smallest absolute Gasteiger partial charge is 0.313 e. The number of methoxy groups -OCH3 is 2. The summed E-state index contributed by atoms with van der Waals surface area (Å²) in [7, 11) is 3.12. The molecule has 1 aromatic carbocycles. The van der Waals surface area contributed by atoms with Gasteiger partial charge in [0.1, 0.15) is 5.75 Å². The molecule has 1 aromatic rings. The molecule has 1 aliphatic carbocycles. The van der Waals surface area contributed by atoms with Crippen molar-refractivity contribution in [2.45, 2.75) is 25.8 Å². The van der Waals surface area contributed by atoms with Crippen LogP contribution in [0.4, 0.5) is 0 Å². The molecular formula is C15H21NO3. The summed E-state index contributed by atoms with van der Waals surface area (Å²) in [6.07, 6.45) is 2.95. The third-order valence-corrected chi connectivity index (χ3v) is 3.86. The summed E-state index contributed by atoms with van der Waals surface area (Å²) in [5.74, 6) is 0.766. The van der Waals surface area contributed by atoms with Crippen LogP contribution in [-0.4, -0.2) is 26.7 Å². The molecule has 0 amide bonds. The van der Waals surface area contributed by atoms with Gasteiger partial charge >= 0.3 is 5.97 Å². The van der Waals surface area contributed by atoms with Crippen LogP contribution in [0.1, 0.15) is 24.8 Å². The van der Waals surface area contributed by atoms with Crippen molar-refractivity contribution in [3.8, 4) is 5.75 Å². The predicted molar refractivity (Wildman–Crippen MR) is 73.0 cm³/mol. The lowest BCUT2D eigenvalue weighted by Crippen LogP contribution is -2.46. The van der Waals surface area contributed by atoms with Gasteiger partial charge in [-0.15, -0.1) is 0 Å². The van der Waals surface area contributed by atoms with Gasteiger partial charge in [-0.3, -0.25) is 4.79 Å². The first-order chi connectivity index (χ1) is 9.20. The van der Waals surface area contributed by atoms with Gasteiger partial charge in [-0.2, -0.15) is 0 Å². The molecule has 1 saturated carbocycles. The van der Waals surface area contributed by atoms with Crippen LogP contribution in [0.5, 0.6) is 5.75 Å². The van der Waals surface area contributed by atoms with Crippen LogP contribution in [0.25, 0.3) is 0 Å². The Balaban J connectivity index is 1.87. The van der Waals surface area contributed by atoms with E-state index in [4.69, 9.17) is 9.47 Å². The zero-order chi connectivity index (χ0) is 13.7. The fraction of sp³-hybridized carbons (Fsp3) is 0.533.